The first-order chi connectivity index (χ1) is 4.72. The lowest BCUT2D eigenvalue weighted by atomic mass is 10.3. The molecular weight excluding hydrogens is 140 g/mol. The minimum Gasteiger partial charge on any atom is -0.411 e. The summed E-state index contributed by atoms with van der Waals surface area (Å²) in [7, 11) is 0. The Kier molecular flexibility index (Phi) is 1.82. The highest BCUT2D eigenvalue weighted by Gasteiger charge is 1.98. The van der Waals surface area contributed by atoms with Gasteiger partial charge < -0.3 is 4.84 Å². The molecule has 54 valence electrons. The van der Waals surface area contributed by atoms with Crippen molar-refractivity contribution in [3.8, 4) is 5.75 Å². The van der Waals surface area contributed by atoms with Crippen molar-refractivity contribution in [2.24, 2.45) is 5.90 Å². The summed E-state index contributed by atoms with van der Waals surface area (Å²) in [5.74, 6) is 3.21. The van der Waals surface area contributed by atoms with Gasteiger partial charge >= 0.3 is 0 Å². The molecule has 4 heteroatoms. The van der Waals surface area contributed by atoms with Crippen molar-refractivity contribution in [3.05, 3.63) is 29.8 Å². The predicted octanol–water partition coefficient (Wildman–Crippen LogP) is 1.22. The van der Waals surface area contributed by atoms with Gasteiger partial charge in [-0.1, -0.05) is 0 Å². The molecule has 1 rings (SSSR count). The van der Waals surface area contributed by atoms with Gasteiger partial charge in [0, 0.05) is 18.2 Å². The van der Waals surface area contributed by atoms with Crippen LogP contribution in [0.3, 0.4) is 0 Å². The van der Waals surface area contributed by atoms with Crippen LogP contribution in [0, 0.1) is 11.6 Å². The minimum absolute atomic E-state index is 0.0301. The summed E-state index contributed by atoms with van der Waals surface area (Å²) >= 11 is 0. The molecule has 0 aromatic heterocycles. The second-order valence-corrected chi connectivity index (χ2v) is 1.72. The summed E-state index contributed by atoms with van der Waals surface area (Å²) < 4.78 is 24.5. The van der Waals surface area contributed by atoms with Gasteiger partial charge in [-0.15, -0.1) is 0 Å². The van der Waals surface area contributed by atoms with E-state index in [1.807, 2.05) is 0 Å². The highest BCUT2D eigenvalue weighted by Crippen LogP contribution is 2.13. The maximum atomic E-state index is 12.2. The highest BCUT2D eigenvalue weighted by atomic mass is 19.1. The topological polar surface area (TPSA) is 35.2 Å². The number of hydrogen-bond donors (Lipinski definition) is 1. The maximum absolute atomic E-state index is 12.2. The second-order valence-electron chi connectivity index (χ2n) is 1.72. The van der Waals surface area contributed by atoms with Crippen molar-refractivity contribution in [2.45, 2.75) is 0 Å². The molecule has 0 fully saturated rings. The molecule has 0 unspecified atom stereocenters. The molecular formula is C6H5F2NO. The van der Waals surface area contributed by atoms with Gasteiger partial charge in [0.2, 0.25) is 0 Å². The molecule has 10 heavy (non-hydrogen) atoms. The van der Waals surface area contributed by atoms with Gasteiger partial charge in [-0.2, -0.15) is 5.90 Å². The van der Waals surface area contributed by atoms with Crippen LogP contribution in [-0.2, 0) is 0 Å². The third-order valence-electron chi connectivity index (χ3n) is 0.972. The van der Waals surface area contributed by atoms with E-state index in [9.17, 15) is 8.78 Å². The summed E-state index contributed by atoms with van der Waals surface area (Å²) in [4.78, 5) is 4.10. The lowest BCUT2D eigenvalue weighted by Gasteiger charge is -1.96. The van der Waals surface area contributed by atoms with Crippen LogP contribution in [0.4, 0.5) is 8.78 Å². The number of benzene rings is 1. The van der Waals surface area contributed by atoms with Crippen LogP contribution in [0.15, 0.2) is 18.2 Å². The Morgan fingerprint density at radius 3 is 2.00 bits per heavy atom. The molecule has 0 aliphatic rings. The largest absolute Gasteiger partial charge is 0.411 e. The van der Waals surface area contributed by atoms with Crippen LogP contribution in [0.5, 0.6) is 5.75 Å². The van der Waals surface area contributed by atoms with E-state index in [4.69, 9.17) is 0 Å². The summed E-state index contributed by atoms with van der Waals surface area (Å²) in [5.41, 5.74) is 0. The van der Waals surface area contributed by atoms with Crippen LogP contribution in [0.25, 0.3) is 0 Å². The Balaban J connectivity index is 3.06. The SMILES string of the molecule is NOc1cc(F)cc(F)c1. The molecule has 1 aromatic carbocycles. The first kappa shape index (κ1) is 6.95. The van der Waals surface area contributed by atoms with Crippen molar-refractivity contribution in [3.63, 3.8) is 0 Å². The lowest BCUT2D eigenvalue weighted by Crippen LogP contribution is -2.02. The fourth-order valence-electron chi connectivity index (χ4n) is 0.597. The maximum Gasteiger partial charge on any atom is 0.152 e. The Hall–Kier alpha value is -1.16. The van der Waals surface area contributed by atoms with Gasteiger partial charge in [-0.05, 0) is 0 Å². The Labute approximate surface area is 56.2 Å². The van der Waals surface area contributed by atoms with Crippen molar-refractivity contribution in [2.75, 3.05) is 0 Å². The average Bonchev–Trinajstić information content (AvgIpc) is 1.85. The molecule has 2 nitrogen and oxygen atoms in total. The van der Waals surface area contributed by atoms with Crippen LogP contribution >= 0.6 is 0 Å². The quantitative estimate of drug-likeness (QED) is 0.603. The monoisotopic (exact) mass is 145 g/mol. The molecule has 0 aliphatic heterocycles. The van der Waals surface area contributed by atoms with E-state index in [0.717, 1.165) is 18.2 Å². The molecule has 0 atom stereocenters. The summed E-state index contributed by atoms with van der Waals surface area (Å²) in [6, 6.07) is 2.72. The van der Waals surface area contributed by atoms with Crippen LogP contribution in [0.1, 0.15) is 0 Å². The van der Waals surface area contributed by atoms with Crippen LogP contribution in [-0.4, -0.2) is 0 Å². The van der Waals surface area contributed by atoms with Gasteiger partial charge in [0.15, 0.2) is 5.75 Å². The van der Waals surface area contributed by atoms with E-state index in [1.165, 1.54) is 0 Å². The number of rotatable bonds is 1. The van der Waals surface area contributed by atoms with Gasteiger partial charge in [0.25, 0.3) is 0 Å². The molecule has 0 saturated heterocycles. The zero-order valence-electron chi connectivity index (χ0n) is 4.97. The third kappa shape index (κ3) is 1.41. The molecule has 0 radical (unpaired) electrons. The van der Waals surface area contributed by atoms with Crippen LogP contribution in [0.2, 0.25) is 0 Å². The molecule has 1 aromatic rings. The van der Waals surface area contributed by atoms with E-state index in [-0.39, 0.29) is 5.75 Å². The third-order valence-corrected chi connectivity index (χ3v) is 0.972. The van der Waals surface area contributed by atoms with Gasteiger partial charge in [0.05, 0.1) is 0 Å². The Morgan fingerprint density at radius 2 is 1.60 bits per heavy atom. The van der Waals surface area contributed by atoms with E-state index >= 15 is 0 Å². The predicted molar refractivity (Wildman–Crippen MR) is 31.2 cm³/mol. The van der Waals surface area contributed by atoms with Gasteiger partial charge in [-0.25, -0.2) is 8.78 Å². The zero-order valence-corrected chi connectivity index (χ0v) is 4.97. The van der Waals surface area contributed by atoms with Crippen molar-refractivity contribution in [1.82, 2.24) is 0 Å². The van der Waals surface area contributed by atoms with Crippen molar-refractivity contribution in [1.29, 1.82) is 0 Å². The highest BCUT2D eigenvalue weighted by molar-refractivity contribution is 5.23. The van der Waals surface area contributed by atoms with Gasteiger partial charge in [-0.3, -0.25) is 0 Å². The average molecular weight is 145 g/mol. The molecule has 0 spiro atoms. The van der Waals surface area contributed by atoms with E-state index in [0.29, 0.717) is 0 Å². The molecule has 0 amide bonds. The number of nitrogens with two attached hydrogens (primary N) is 1. The summed E-state index contributed by atoms with van der Waals surface area (Å²) in [6.45, 7) is 0. The molecule has 0 bridgehead atoms. The normalized spacial score (nSPS) is 9.50. The van der Waals surface area contributed by atoms with E-state index in [2.05, 4.69) is 10.7 Å². The second kappa shape index (κ2) is 2.62. The minimum atomic E-state index is -0.708. The fourth-order valence-corrected chi connectivity index (χ4v) is 0.597. The zero-order chi connectivity index (χ0) is 7.56. The van der Waals surface area contributed by atoms with E-state index in [1.54, 1.807) is 0 Å². The van der Waals surface area contributed by atoms with Crippen LogP contribution < -0.4 is 10.7 Å². The first-order valence-corrected chi connectivity index (χ1v) is 2.55. The molecule has 0 aliphatic carbocycles. The van der Waals surface area contributed by atoms with Gasteiger partial charge in [0.1, 0.15) is 11.6 Å². The summed E-state index contributed by atoms with van der Waals surface area (Å²) in [6.07, 6.45) is 0. The van der Waals surface area contributed by atoms with E-state index < -0.39 is 11.6 Å². The molecule has 0 heterocycles. The van der Waals surface area contributed by atoms with Crippen molar-refractivity contribution >= 4 is 0 Å². The first-order valence-electron chi connectivity index (χ1n) is 2.55. The summed E-state index contributed by atoms with van der Waals surface area (Å²) in [5, 5.41) is 0. The number of hydrogen-bond acceptors (Lipinski definition) is 2. The Bertz CT molecular complexity index is 219. The fraction of sp³-hybridized carbons (Fsp3) is 0. The Morgan fingerprint density at radius 1 is 1.10 bits per heavy atom. The van der Waals surface area contributed by atoms with Crippen molar-refractivity contribution < 1.29 is 13.6 Å². The molecule has 2 N–H and O–H groups in total. The lowest BCUT2D eigenvalue weighted by molar-refractivity contribution is 0.330. The molecule has 0 saturated carbocycles. The smallest absolute Gasteiger partial charge is 0.152 e. The standard InChI is InChI=1S/C6H5F2NO/c7-4-1-5(8)3-6(2-4)10-9/h1-3H,9H2. The number of halogens is 2.